The Kier molecular flexibility index (Phi) is 9.20. The summed E-state index contributed by atoms with van der Waals surface area (Å²) >= 11 is 1.52. The second-order valence-corrected chi connectivity index (χ2v) is 10.8. The van der Waals surface area contributed by atoms with E-state index >= 15 is 0 Å². The Balaban J connectivity index is 1.27. The quantitative estimate of drug-likeness (QED) is 0.209. The number of anilines is 1. The summed E-state index contributed by atoms with van der Waals surface area (Å²) in [7, 11) is 1.80. The standard InChI is InChI=1S/C30H31N5O5S/c1-19(37)24-4-3-5-25(15-24)31-28(38)14-20-6-12-23(13-7-20)29-39-26(18-41-30-32-33-34-35(30)2)16-27(40-29)22-10-8-21(17-36)9-11-22/h3-13,15,26-27,29,36H,14,16-18H2,1-2H3,(H,31,38). The number of amides is 1. The second-order valence-electron chi connectivity index (χ2n) is 9.85. The van der Waals surface area contributed by atoms with E-state index in [2.05, 4.69) is 20.8 Å². The van der Waals surface area contributed by atoms with Gasteiger partial charge in [-0.15, -0.1) is 5.10 Å². The minimum absolute atomic E-state index is 0.0162. The van der Waals surface area contributed by atoms with Crippen molar-refractivity contribution in [2.75, 3.05) is 11.1 Å². The molecule has 11 heteroatoms. The number of ether oxygens (including phenoxy) is 2. The average molecular weight is 574 g/mol. The van der Waals surface area contributed by atoms with Gasteiger partial charge in [0.05, 0.1) is 25.2 Å². The van der Waals surface area contributed by atoms with Gasteiger partial charge in [0.25, 0.3) is 0 Å². The summed E-state index contributed by atoms with van der Waals surface area (Å²) < 4.78 is 14.4. The molecule has 41 heavy (non-hydrogen) atoms. The Morgan fingerprint density at radius 3 is 2.44 bits per heavy atom. The third kappa shape index (κ3) is 7.44. The number of Topliss-reactive ketones (excluding diaryl/α,β-unsaturated/α-hetero) is 1. The molecule has 1 saturated heterocycles. The minimum Gasteiger partial charge on any atom is -0.392 e. The number of tetrazole rings is 1. The number of hydrogen-bond acceptors (Lipinski definition) is 9. The van der Waals surface area contributed by atoms with Crippen molar-refractivity contribution in [1.29, 1.82) is 0 Å². The molecule has 2 N–H and O–H groups in total. The first-order chi connectivity index (χ1) is 19.9. The lowest BCUT2D eigenvalue weighted by Crippen LogP contribution is -2.31. The number of nitrogens with one attached hydrogen (secondary N) is 1. The van der Waals surface area contributed by atoms with Gasteiger partial charge in [0.2, 0.25) is 11.1 Å². The van der Waals surface area contributed by atoms with Crippen LogP contribution in [0.3, 0.4) is 0 Å². The maximum absolute atomic E-state index is 12.7. The molecule has 2 heterocycles. The van der Waals surface area contributed by atoms with E-state index in [0.29, 0.717) is 28.6 Å². The van der Waals surface area contributed by atoms with Crippen LogP contribution in [0.5, 0.6) is 0 Å². The SMILES string of the molecule is CC(=O)c1cccc(NC(=O)Cc2ccc(C3OC(CSc4nnnn4C)CC(c4ccc(CO)cc4)O3)cc2)c1. The van der Waals surface area contributed by atoms with Crippen molar-refractivity contribution in [1.82, 2.24) is 20.2 Å². The van der Waals surface area contributed by atoms with Crippen molar-refractivity contribution >= 4 is 29.1 Å². The van der Waals surface area contributed by atoms with E-state index in [1.165, 1.54) is 18.7 Å². The molecule has 3 atom stereocenters. The molecule has 0 spiro atoms. The van der Waals surface area contributed by atoms with Gasteiger partial charge in [-0.3, -0.25) is 9.59 Å². The van der Waals surface area contributed by atoms with Crippen molar-refractivity contribution < 1.29 is 24.2 Å². The van der Waals surface area contributed by atoms with E-state index in [4.69, 9.17) is 9.47 Å². The highest BCUT2D eigenvalue weighted by molar-refractivity contribution is 7.99. The normalized spacial score (nSPS) is 18.7. The first-order valence-electron chi connectivity index (χ1n) is 13.2. The molecular formula is C30H31N5O5S. The molecule has 3 aromatic carbocycles. The number of hydrogen-bond donors (Lipinski definition) is 2. The fourth-order valence-corrected chi connectivity index (χ4v) is 5.40. The summed E-state index contributed by atoms with van der Waals surface area (Å²) in [5.41, 5.74) is 4.66. The minimum atomic E-state index is -0.605. The summed E-state index contributed by atoms with van der Waals surface area (Å²) in [6, 6.07) is 22.3. The number of aliphatic hydroxyl groups is 1. The van der Waals surface area contributed by atoms with E-state index in [9.17, 15) is 14.7 Å². The van der Waals surface area contributed by atoms with Gasteiger partial charge >= 0.3 is 0 Å². The smallest absolute Gasteiger partial charge is 0.228 e. The Morgan fingerprint density at radius 2 is 1.76 bits per heavy atom. The number of aryl methyl sites for hydroxylation is 1. The zero-order valence-corrected chi connectivity index (χ0v) is 23.6. The highest BCUT2D eigenvalue weighted by Gasteiger charge is 2.32. The number of rotatable bonds is 10. The first kappa shape index (κ1) is 28.6. The predicted octanol–water partition coefficient (Wildman–Crippen LogP) is 4.42. The van der Waals surface area contributed by atoms with Gasteiger partial charge in [0, 0.05) is 36.0 Å². The fourth-order valence-electron chi connectivity index (χ4n) is 4.53. The van der Waals surface area contributed by atoms with E-state index in [0.717, 1.165) is 22.3 Å². The molecular weight excluding hydrogens is 542 g/mol. The van der Waals surface area contributed by atoms with Crippen molar-refractivity contribution in [3.8, 4) is 0 Å². The van der Waals surface area contributed by atoms with Crippen LogP contribution in [-0.2, 0) is 34.3 Å². The Morgan fingerprint density at radius 1 is 1.02 bits per heavy atom. The highest BCUT2D eigenvalue weighted by Crippen LogP contribution is 2.39. The lowest BCUT2D eigenvalue weighted by molar-refractivity contribution is -0.245. The first-order valence-corrected chi connectivity index (χ1v) is 14.2. The molecule has 1 aliphatic heterocycles. The zero-order valence-electron chi connectivity index (χ0n) is 22.8. The third-order valence-corrected chi connectivity index (χ3v) is 7.91. The van der Waals surface area contributed by atoms with Crippen LogP contribution < -0.4 is 5.32 Å². The number of carbonyl (C=O) groups is 2. The topological polar surface area (TPSA) is 128 Å². The van der Waals surface area contributed by atoms with Gasteiger partial charge in [-0.2, -0.15) is 0 Å². The molecule has 0 saturated carbocycles. The summed E-state index contributed by atoms with van der Waals surface area (Å²) in [5, 5.41) is 24.6. The zero-order chi connectivity index (χ0) is 28.8. The molecule has 1 aliphatic rings. The highest BCUT2D eigenvalue weighted by atomic mass is 32.2. The molecule has 0 aliphatic carbocycles. The Hall–Kier alpha value is -3.90. The second kappa shape index (κ2) is 13.2. The summed E-state index contributed by atoms with van der Waals surface area (Å²) in [6.07, 6.45) is -0.111. The molecule has 1 fully saturated rings. The molecule has 5 rings (SSSR count). The number of nitrogens with zero attached hydrogens (tertiary/aromatic N) is 4. The summed E-state index contributed by atoms with van der Waals surface area (Å²) in [4.78, 5) is 24.3. The van der Waals surface area contributed by atoms with Crippen LogP contribution in [0.2, 0.25) is 0 Å². The maximum Gasteiger partial charge on any atom is 0.228 e. The van der Waals surface area contributed by atoms with Crippen LogP contribution in [0.15, 0.2) is 78.0 Å². The molecule has 3 unspecified atom stereocenters. The van der Waals surface area contributed by atoms with Crippen molar-refractivity contribution in [3.63, 3.8) is 0 Å². The van der Waals surface area contributed by atoms with Crippen LogP contribution in [-0.4, -0.2) is 48.9 Å². The number of carbonyl (C=O) groups excluding carboxylic acids is 2. The van der Waals surface area contributed by atoms with E-state index in [-0.39, 0.29) is 36.9 Å². The van der Waals surface area contributed by atoms with Crippen LogP contribution in [0.4, 0.5) is 5.69 Å². The van der Waals surface area contributed by atoms with Crippen LogP contribution in [0, 0.1) is 0 Å². The average Bonchev–Trinajstić information content (AvgIpc) is 3.40. The molecule has 0 bridgehead atoms. The van der Waals surface area contributed by atoms with Crippen LogP contribution in [0.25, 0.3) is 0 Å². The van der Waals surface area contributed by atoms with Crippen LogP contribution in [0.1, 0.15) is 58.4 Å². The number of benzene rings is 3. The predicted molar refractivity (Wildman–Crippen MR) is 153 cm³/mol. The number of ketones is 1. The number of aliphatic hydroxyl groups excluding tert-OH is 1. The van der Waals surface area contributed by atoms with Gasteiger partial charge in [-0.25, -0.2) is 4.68 Å². The molecule has 1 amide bonds. The number of thioether (sulfide) groups is 1. The molecule has 4 aromatic rings. The van der Waals surface area contributed by atoms with Gasteiger partial charge in [0.15, 0.2) is 12.1 Å². The van der Waals surface area contributed by atoms with Gasteiger partial charge in [0.1, 0.15) is 0 Å². The number of aromatic nitrogens is 4. The Labute approximate surface area is 242 Å². The summed E-state index contributed by atoms with van der Waals surface area (Å²) in [5.74, 6) is 0.410. The lowest BCUT2D eigenvalue weighted by Gasteiger charge is -2.36. The van der Waals surface area contributed by atoms with Crippen molar-refractivity contribution in [2.45, 2.75) is 50.0 Å². The van der Waals surface area contributed by atoms with E-state index in [1.54, 1.807) is 36.0 Å². The molecule has 1 aromatic heterocycles. The van der Waals surface area contributed by atoms with E-state index in [1.807, 2.05) is 48.5 Å². The molecule has 212 valence electrons. The van der Waals surface area contributed by atoms with Gasteiger partial charge in [-0.1, -0.05) is 72.4 Å². The largest absolute Gasteiger partial charge is 0.392 e. The molecule has 0 radical (unpaired) electrons. The third-order valence-electron chi connectivity index (χ3n) is 6.76. The summed E-state index contributed by atoms with van der Waals surface area (Å²) in [6.45, 7) is 1.48. The fraction of sp³-hybridized carbons (Fsp3) is 0.300. The van der Waals surface area contributed by atoms with Gasteiger partial charge in [-0.05, 0) is 46.2 Å². The molecule has 10 nitrogen and oxygen atoms in total. The van der Waals surface area contributed by atoms with E-state index < -0.39 is 6.29 Å². The lowest BCUT2D eigenvalue weighted by atomic mass is 10.0. The van der Waals surface area contributed by atoms with Gasteiger partial charge < -0.3 is 19.9 Å². The maximum atomic E-state index is 12.7. The van der Waals surface area contributed by atoms with Crippen molar-refractivity contribution in [3.05, 3.63) is 101 Å². The Bertz CT molecular complexity index is 1490. The monoisotopic (exact) mass is 573 g/mol. The van der Waals surface area contributed by atoms with Crippen LogP contribution >= 0.6 is 11.8 Å². The van der Waals surface area contributed by atoms with Crippen molar-refractivity contribution in [2.24, 2.45) is 7.05 Å².